The quantitative estimate of drug-likeness (QED) is 0.758. The number of nitrogens with zero attached hydrogens (tertiary/aromatic N) is 2. The Morgan fingerprint density at radius 3 is 2.38 bits per heavy atom. The molecule has 1 aromatic heterocycles. The zero-order valence-corrected chi connectivity index (χ0v) is 14.8. The standard InChI is InChI=1S/C19H19F3N2O2/c1-10-17(20)18(21)12(19(22)24-10)4-5-14-13-9-16(26-3)15(25-2)8-11(13)6-7-23-14/h8-9H,4-7H2,1-3H3. The molecule has 0 atom stereocenters. The van der Waals surface area contributed by atoms with Gasteiger partial charge in [-0.25, -0.2) is 13.8 Å². The highest BCUT2D eigenvalue weighted by Crippen LogP contribution is 2.33. The monoisotopic (exact) mass is 364 g/mol. The van der Waals surface area contributed by atoms with Crippen LogP contribution in [0.25, 0.3) is 0 Å². The highest BCUT2D eigenvalue weighted by molar-refractivity contribution is 6.03. The summed E-state index contributed by atoms with van der Waals surface area (Å²) in [5, 5.41) is 0. The van der Waals surface area contributed by atoms with Crippen molar-refractivity contribution in [3.05, 3.63) is 52.1 Å². The second-order valence-corrected chi connectivity index (χ2v) is 6.04. The normalized spacial score (nSPS) is 13.2. The molecule has 7 heteroatoms. The van der Waals surface area contributed by atoms with E-state index in [0.29, 0.717) is 23.8 Å². The lowest BCUT2D eigenvalue weighted by molar-refractivity contribution is 0.354. The second kappa shape index (κ2) is 7.35. The summed E-state index contributed by atoms with van der Waals surface area (Å²) in [6, 6.07) is 3.70. The van der Waals surface area contributed by atoms with Crippen LogP contribution in [0.15, 0.2) is 17.1 Å². The minimum absolute atomic E-state index is 0.0332. The van der Waals surface area contributed by atoms with Gasteiger partial charge in [-0.3, -0.25) is 4.99 Å². The largest absolute Gasteiger partial charge is 0.493 e. The van der Waals surface area contributed by atoms with E-state index in [4.69, 9.17) is 9.47 Å². The number of aliphatic imine (C=N–C) groups is 1. The maximum atomic E-state index is 14.1. The summed E-state index contributed by atoms with van der Waals surface area (Å²) in [6.07, 6.45) is 0.970. The Labute approximate surface area is 149 Å². The molecule has 4 nitrogen and oxygen atoms in total. The van der Waals surface area contributed by atoms with Crippen molar-refractivity contribution < 1.29 is 22.6 Å². The summed E-state index contributed by atoms with van der Waals surface area (Å²) in [6.45, 7) is 1.80. The second-order valence-electron chi connectivity index (χ2n) is 6.04. The fourth-order valence-corrected chi connectivity index (χ4v) is 3.11. The molecule has 3 rings (SSSR count). The van der Waals surface area contributed by atoms with Crippen molar-refractivity contribution >= 4 is 5.71 Å². The molecule has 1 aliphatic heterocycles. The van der Waals surface area contributed by atoms with Gasteiger partial charge >= 0.3 is 0 Å². The van der Waals surface area contributed by atoms with Crippen LogP contribution in [0.3, 0.4) is 0 Å². The van der Waals surface area contributed by atoms with Gasteiger partial charge in [-0.05, 0) is 43.9 Å². The Kier molecular flexibility index (Phi) is 5.15. The van der Waals surface area contributed by atoms with Crippen LogP contribution in [0.5, 0.6) is 11.5 Å². The first-order valence-electron chi connectivity index (χ1n) is 8.24. The number of hydrogen-bond acceptors (Lipinski definition) is 4. The molecule has 138 valence electrons. The average molecular weight is 364 g/mol. The van der Waals surface area contributed by atoms with Gasteiger partial charge in [-0.2, -0.15) is 4.39 Å². The van der Waals surface area contributed by atoms with Crippen LogP contribution in [0.4, 0.5) is 13.2 Å². The molecule has 0 unspecified atom stereocenters. The topological polar surface area (TPSA) is 43.7 Å². The van der Waals surface area contributed by atoms with E-state index in [-0.39, 0.29) is 24.1 Å². The van der Waals surface area contributed by atoms with Gasteiger partial charge in [-0.15, -0.1) is 0 Å². The number of benzene rings is 1. The smallest absolute Gasteiger partial charge is 0.219 e. The summed E-state index contributed by atoms with van der Waals surface area (Å²) >= 11 is 0. The minimum atomic E-state index is -1.18. The lowest BCUT2D eigenvalue weighted by atomic mass is 9.93. The Morgan fingerprint density at radius 1 is 1.00 bits per heavy atom. The van der Waals surface area contributed by atoms with E-state index in [0.717, 1.165) is 17.5 Å². The van der Waals surface area contributed by atoms with Crippen molar-refractivity contribution in [2.24, 2.45) is 4.99 Å². The highest BCUT2D eigenvalue weighted by atomic mass is 19.2. The maximum Gasteiger partial charge on any atom is 0.219 e. The van der Waals surface area contributed by atoms with Gasteiger partial charge < -0.3 is 9.47 Å². The SMILES string of the molecule is COc1cc2c(cc1OC)C(CCc1c(F)nc(C)c(F)c1F)=NCC2. The maximum absolute atomic E-state index is 14.1. The Balaban J connectivity index is 1.90. The van der Waals surface area contributed by atoms with E-state index in [1.807, 2.05) is 12.1 Å². The number of pyridine rings is 1. The summed E-state index contributed by atoms with van der Waals surface area (Å²) in [4.78, 5) is 7.91. The van der Waals surface area contributed by atoms with Crippen molar-refractivity contribution in [3.8, 4) is 11.5 Å². The Hall–Kier alpha value is -2.57. The number of rotatable bonds is 5. The highest BCUT2D eigenvalue weighted by Gasteiger charge is 2.22. The number of aryl methyl sites for hydroxylation is 1. The van der Waals surface area contributed by atoms with Gasteiger partial charge in [0.05, 0.1) is 19.9 Å². The molecule has 0 amide bonds. The zero-order valence-electron chi connectivity index (χ0n) is 14.8. The van der Waals surface area contributed by atoms with Crippen molar-refractivity contribution in [1.82, 2.24) is 4.98 Å². The molecule has 0 radical (unpaired) electrons. The predicted molar refractivity (Wildman–Crippen MR) is 91.8 cm³/mol. The molecule has 2 heterocycles. The first kappa shape index (κ1) is 18.2. The summed E-state index contributed by atoms with van der Waals surface area (Å²) in [7, 11) is 3.10. The predicted octanol–water partition coefficient (Wildman–Crippen LogP) is 3.80. The number of halogens is 3. The Morgan fingerprint density at radius 2 is 1.69 bits per heavy atom. The van der Waals surface area contributed by atoms with Gasteiger partial charge in [0.15, 0.2) is 23.1 Å². The number of aromatic nitrogens is 1. The molecule has 26 heavy (non-hydrogen) atoms. The Bertz CT molecular complexity index is 882. The molecule has 0 saturated carbocycles. The van der Waals surface area contributed by atoms with E-state index < -0.39 is 17.6 Å². The lowest BCUT2D eigenvalue weighted by Crippen LogP contribution is -2.15. The molecule has 0 bridgehead atoms. The fraction of sp³-hybridized carbons (Fsp3) is 0.368. The van der Waals surface area contributed by atoms with E-state index in [1.165, 1.54) is 14.0 Å². The molecule has 1 aromatic carbocycles. The molecule has 0 saturated heterocycles. The van der Waals surface area contributed by atoms with Gasteiger partial charge in [0.2, 0.25) is 5.95 Å². The number of fused-ring (bicyclic) bond motifs is 1. The summed E-state index contributed by atoms with van der Waals surface area (Å²) in [5.74, 6) is -2.10. The van der Waals surface area contributed by atoms with Crippen molar-refractivity contribution in [1.29, 1.82) is 0 Å². The number of methoxy groups -OCH3 is 2. The molecule has 0 spiro atoms. The van der Waals surface area contributed by atoms with Crippen LogP contribution in [-0.4, -0.2) is 31.5 Å². The van der Waals surface area contributed by atoms with Crippen LogP contribution in [0, 0.1) is 24.5 Å². The summed E-state index contributed by atoms with van der Waals surface area (Å²) in [5.41, 5.74) is 1.94. The van der Waals surface area contributed by atoms with E-state index in [1.54, 1.807) is 7.11 Å². The van der Waals surface area contributed by atoms with Crippen LogP contribution < -0.4 is 9.47 Å². The molecule has 1 aliphatic rings. The molecule has 2 aromatic rings. The molecule has 0 fully saturated rings. The van der Waals surface area contributed by atoms with E-state index >= 15 is 0 Å². The van der Waals surface area contributed by atoms with Crippen molar-refractivity contribution in [2.75, 3.05) is 20.8 Å². The zero-order chi connectivity index (χ0) is 18.8. The molecular weight excluding hydrogens is 345 g/mol. The van der Waals surface area contributed by atoms with Gasteiger partial charge in [0, 0.05) is 23.4 Å². The van der Waals surface area contributed by atoms with E-state index in [2.05, 4.69) is 9.98 Å². The van der Waals surface area contributed by atoms with E-state index in [9.17, 15) is 13.2 Å². The molecule has 0 N–H and O–H groups in total. The van der Waals surface area contributed by atoms with Crippen molar-refractivity contribution in [3.63, 3.8) is 0 Å². The average Bonchev–Trinajstić information content (AvgIpc) is 2.65. The minimum Gasteiger partial charge on any atom is -0.493 e. The van der Waals surface area contributed by atoms with Gasteiger partial charge in [0.1, 0.15) is 0 Å². The van der Waals surface area contributed by atoms with Gasteiger partial charge in [0.25, 0.3) is 0 Å². The van der Waals surface area contributed by atoms with Crippen LogP contribution in [-0.2, 0) is 12.8 Å². The van der Waals surface area contributed by atoms with Crippen LogP contribution >= 0.6 is 0 Å². The molecular formula is C19H19F3N2O2. The first-order chi connectivity index (χ1) is 12.5. The van der Waals surface area contributed by atoms with Crippen molar-refractivity contribution in [2.45, 2.75) is 26.2 Å². The molecule has 0 aliphatic carbocycles. The van der Waals surface area contributed by atoms with Crippen LogP contribution in [0.1, 0.15) is 28.8 Å². The van der Waals surface area contributed by atoms with Crippen LogP contribution in [0.2, 0.25) is 0 Å². The number of ether oxygens (including phenoxy) is 2. The third-order valence-corrected chi connectivity index (χ3v) is 4.51. The lowest BCUT2D eigenvalue weighted by Gasteiger charge is -2.20. The third-order valence-electron chi connectivity index (χ3n) is 4.51. The number of hydrogen-bond donors (Lipinski definition) is 0. The first-order valence-corrected chi connectivity index (χ1v) is 8.24. The third kappa shape index (κ3) is 3.25. The van der Waals surface area contributed by atoms with Gasteiger partial charge in [-0.1, -0.05) is 0 Å². The summed E-state index contributed by atoms with van der Waals surface area (Å²) < 4.78 is 52.3. The fourth-order valence-electron chi connectivity index (χ4n) is 3.11.